The van der Waals surface area contributed by atoms with Crippen molar-refractivity contribution in [2.75, 3.05) is 11.9 Å². The van der Waals surface area contributed by atoms with E-state index in [1.807, 2.05) is 0 Å². The summed E-state index contributed by atoms with van der Waals surface area (Å²) in [5.74, 6) is -0.270. The number of phenolic OH excluding ortho intramolecular Hbond substituents is 2. The molecule has 0 aromatic heterocycles. The summed E-state index contributed by atoms with van der Waals surface area (Å²) in [6, 6.07) is 9.78. The molecular formula is C15H14Cl2N2O2S. The van der Waals surface area contributed by atoms with Gasteiger partial charge in [-0.05, 0) is 54.5 Å². The summed E-state index contributed by atoms with van der Waals surface area (Å²) in [7, 11) is 0. The predicted molar refractivity (Wildman–Crippen MR) is 94.2 cm³/mol. The second-order valence-corrected chi connectivity index (χ2v) is 5.83. The highest BCUT2D eigenvalue weighted by atomic mass is 35.5. The fourth-order valence-corrected chi connectivity index (χ4v) is 2.35. The minimum Gasteiger partial charge on any atom is -0.504 e. The average Bonchev–Trinajstić information content (AvgIpc) is 2.47. The summed E-state index contributed by atoms with van der Waals surface area (Å²) in [6.45, 7) is 0.564. The lowest BCUT2D eigenvalue weighted by Gasteiger charge is -2.12. The number of hydrogen-bond acceptors (Lipinski definition) is 3. The highest BCUT2D eigenvalue weighted by Gasteiger charge is 2.04. The monoisotopic (exact) mass is 356 g/mol. The van der Waals surface area contributed by atoms with Crippen molar-refractivity contribution >= 4 is 46.2 Å². The van der Waals surface area contributed by atoms with Gasteiger partial charge in [-0.25, -0.2) is 0 Å². The molecule has 7 heteroatoms. The van der Waals surface area contributed by atoms with Gasteiger partial charge in [-0.3, -0.25) is 0 Å². The van der Waals surface area contributed by atoms with Gasteiger partial charge in [0.15, 0.2) is 16.6 Å². The third kappa shape index (κ3) is 4.66. The SMILES string of the molecule is Oc1ccc(CCNC(=S)Nc2cc(Cl)ccc2Cl)cc1O. The fourth-order valence-electron chi connectivity index (χ4n) is 1.80. The second kappa shape index (κ2) is 7.54. The van der Waals surface area contributed by atoms with E-state index in [-0.39, 0.29) is 11.5 Å². The van der Waals surface area contributed by atoms with Crippen molar-refractivity contribution in [2.45, 2.75) is 6.42 Å². The summed E-state index contributed by atoms with van der Waals surface area (Å²) in [6.07, 6.45) is 0.638. The minimum atomic E-state index is -0.135. The van der Waals surface area contributed by atoms with Gasteiger partial charge in [-0.2, -0.15) is 0 Å². The Balaban J connectivity index is 1.85. The van der Waals surface area contributed by atoms with Crippen LogP contribution in [0.3, 0.4) is 0 Å². The van der Waals surface area contributed by atoms with E-state index in [0.29, 0.717) is 33.8 Å². The van der Waals surface area contributed by atoms with Crippen molar-refractivity contribution in [3.8, 4) is 11.5 Å². The zero-order valence-corrected chi connectivity index (χ0v) is 13.8. The smallest absolute Gasteiger partial charge is 0.170 e. The van der Waals surface area contributed by atoms with E-state index in [0.717, 1.165) is 5.56 Å². The molecule has 4 N–H and O–H groups in total. The molecule has 0 fully saturated rings. The fraction of sp³-hybridized carbons (Fsp3) is 0.133. The topological polar surface area (TPSA) is 64.5 Å². The van der Waals surface area contributed by atoms with Gasteiger partial charge in [0.1, 0.15) is 0 Å². The Morgan fingerprint density at radius 2 is 1.82 bits per heavy atom. The molecule has 2 aromatic rings. The summed E-state index contributed by atoms with van der Waals surface area (Å²) < 4.78 is 0. The molecule has 0 amide bonds. The zero-order chi connectivity index (χ0) is 16.1. The van der Waals surface area contributed by atoms with Crippen molar-refractivity contribution in [3.05, 3.63) is 52.0 Å². The van der Waals surface area contributed by atoms with Gasteiger partial charge >= 0.3 is 0 Å². The summed E-state index contributed by atoms with van der Waals surface area (Å²) in [5, 5.41) is 26.2. The van der Waals surface area contributed by atoms with Crippen molar-refractivity contribution in [1.29, 1.82) is 0 Å². The maximum atomic E-state index is 9.42. The quantitative estimate of drug-likeness (QED) is 0.493. The minimum absolute atomic E-state index is 0.135. The van der Waals surface area contributed by atoms with Gasteiger partial charge < -0.3 is 20.8 Å². The van der Waals surface area contributed by atoms with E-state index in [4.69, 9.17) is 35.4 Å². The summed E-state index contributed by atoms with van der Waals surface area (Å²) >= 11 is 17.1. The molecule has 22 heavy (non-hydrogen) atoms. The molecule has 0 aliphatic heterocycles. The molecule has 0 aliphatic rings. The van der Waals surface area contributed by atoms with Crippen LogP contribution in [-0.2, 0) is 6.42 Å². The number of benzene rings is 2. The number of anilines is 1. The molecule has 116 valence electrons. The third-order valence-electron chi connectivity index (χ3n) is 2.92. The number of hydrogen-bond donors (Lipinski definition) is 4. The van der Waals surface area contributed by atoms with Crippen LogP contribution in [0.2, 0.25) is 10.0 Å². The van der Waals surface area contributed by atoms with Crippen LogP contribution in [0.15, 0.2) is 36.4 Å². The van der Waals surface area contributed by atoms with Gasteiger partial charge in [0, 0.05) is 11.6 Å². The molecule has 0 saturated carbocycles. The van der Waals surface area contributed by atoms with Gasteiger partial charge in [-0.1, -0.05) is 29.3 Å². The first kappa shape index (κ1) is 16.7. The Morgan fingerprint density at radius 1 is 1.05 bits per heavy atom. The largest absolute Gasteiger partial charge is 0.504 e. The average molecular weight is 357 g/mol. The van der Waals surface area contributed by atoms with E-state index in [1.54, 1.807) is 24.3 Å². The van der Waals surface area contributed by atoms with Crippen molar-refractivity contribution < 1.29 is 10.2 Å². The molecule has 0 saturated heterocycles. The zero-order valence-electron chi connectivity index (χ0n) is 11.4. The number of halogens is 2. The first-order chi connectivity index (χ1) is 10.5. The highest BCUT2D eigenvalue weighted by Crippen LogP contribution is 2.26. The molecule has 0 heterocycles. The Morgan fingerprint density at radius 3 is 2.55 bits per heavy atom. The lowest BCUT2D eigenvalue weighted by Crippen LogP contribution is -2.30. The highest BCUT2D eigenvalue weighted by molar-refractivity contribution is 7.80. The Labute approximate surface area is 143 Å². The van der Waals surface area contributed by atoms with Crippen LogP contribution in [0, 0.1) is 0 Å². The standard InChI is InChI=1S/C15H14Cl2N2O2S/c16-10-2-3-11(17)12(8-10)19-15(22)18-6-5-9-1-4-13(20)14(21)7-9/h1-4,7-8,20-21H,5-6H2,(H2,18,19,22). The van der Waals surface area contributed by atoms with Crippen LogP contribution in [0.5, 0.6) is 11.5 Å². The Bertz CT molecular complexity index is 695. The molecule has 4 nitrogen and oxygen atoms in total. The number of rotatable bonds is 4. The molecule has 2 rings (SSSR count). The van der Waals surface area contributed by atoms with E-state index in [2.05, 4.69) is 10.6 Å². The van der Waals surface area contributed by atoms with Gasteiger partial charge in [-0.15, -0.1) is 0 Å². The summed E-state index contributed by atoms with van der Waals surface area (Å²) in [4.78, 5) is 0. The normalized spacial score (nSPS) is 10.3. The molecule has 0 unspecified atom stereocenters. The first-order valence-electron chi connectivity index (χ1n) is 6.46. The van der Waals surface area contributed by atoms with Crippen LogP contribution in [0.1, 0.15) is 5.56 Å². The van der Waals surface area contributed by atoms with Crippen molar-refractivity contribution in [3.63, 3.8) is 0 Å². The number of aromatic hydroxyl groups is 2. The summed E-state index contributed by atoms with van der Waals surface area (Å²) in [5.41, 5.74) is 1.51. The van der Waals surface area contributed by atoms with Gasteiger partial charge in [0.2, 0.25) is 0 Å². The van der Waals surface area contributed by atoms with E-state index >= 15 is 0 Å². The molecule has 0 aliphatic carbocycles. The van der Waals surface area contributed by atoms with E-state index in [1.165, 1.54) is 12.1 Å². The van der Waals surface area contributed by atoms with Gasteiger partial charge in [0.25, 0.3) is 0 Å². The second-order valence-electron chi connectivity index (χ2n) is 4.58. The Kier molecular flexibility index (Phi) is 5.71. The Hall–Kier alpha value is -1.69. The van der Waals surface area contributed by atoms with Crippen LogP contribution in [0.25, 0.3) is 0 Å². The maximum absolute atomic E-state index is 9.42. The van der Waals surface area contributed by atoms with Crippen molar-refractivity contribution in [2.24, 2.45) is 0 Å². The first-order valence-corrected chi connectivity index (χ1v) is 7.63. The van der Waals surface area contributed by atoms with Crippen LogP contribution in [0.4, 0.5) is 5.69 Å². The predicted octanol–water partition coefficient (Wildman–Crippen LogP) is 3.93. The number of phenols is 2. The van der Waals surface area contributed by atoms with Crippen LogP contribution in [-0.4, -0.2) is 21.9 Å². The van der Waals surface area contributed by atoms with Crippen LogP contribution < -0.4 is 10.6 Å². The van der Waals surface area contributed by atoms with Crippen LogP contribution >= 0.6 is 35.4 Å². The van der Waals surface area contributed by atoms with Gasteiger partial charge in [0.05, 0.1) is 10.7 Å². The molecule has 0 spiro atoms. The lowest BCUT2D eigenvalue weighted by atomic mass is 10.1. The van der Waals surface area contributed by atoms with E-state index < -0.39 is 0 Å². The number of thiocarbonyl (C=S) groups is 1. The van der Waals surface area contributed by atoms with Crippen molar-refractivity contribution in [1.82, 2.24) is 5.32 Å². The molecular weight excluding hydrogens is 343 g/mol. The molecule has 0 bridgehead atoms. The molecule has 0 radical (unpaired) electrons. The number of nitrogens with one attached hydrogen (secondary N) is 2. The molecule has 2 aromatic carbocycles. The maximum Gasteiger partial charge on any atom is 0.170 e. The lowest BCUT2D eigenvalue weighted by molar-refractivity contribution is 0.403. The third-order valence-corrected chi connectivity index (χ3v) is 3.73. The molecule has 0 atom stereocenters. The van der Waals surface area contributed by atoms with E-state index in [9.17, 15) is 10.2 Å².